The molecule has 2 aromatic rings. The van der Waals surface area contributed by atoms with Crippen molar-refractivity contribution in [2.75, 3.05) is 13.1 Å². The first-order chi connectivity index (χ1) is 11.6. The molecule has 0 unspecified atom stereocenters. The highest BCUT2D eigenvalue weighted by Gasteiger charge is 2.32. The zero-order valence-electron chi connectivity index (χ0n) is 13.4. The third kappa shape index (κ3) is 3.92. The molecular weight excluding hydrogens is 307 g/mol. The number of piperidine rings is 1. The van der Waals surface area contributed by atoms with Crippen LogP contribution in [0.4, 0.5) is 9.18 Å². The summed E-state index contributed by atoms with van der Waals surface area (Å²) in [4.78, 5) is 13.4. The summed E-state index contributed by atoms with van der Waals surface area (Å²) in [6.45, 7) is 2.15. The maximum atomic E-state index is 14.1. The molecule has 0 spiro atoms. The summed E-state index contributed by atoms with van der Waals surface area (Å²) in [6, 6.07) is 16.4. The van der Waals surface area contributed by atoms with Gasteiger partial charge in [-0.25, -0.2) is 9.18 Å². The van der Waals surface area contributed by atoms with Gasteiger partial charge in [-0.05, 0) is 30.2 Å². The normalized spacial score (nSPS) is 21.4. The second-order valence-corrected chi connectivity index (χ2v) is 6.19. The first-order valence-corrected chi connectivity index (χ1v) is 8.13. The van der Waals surface area contributed by atoms with Crippen molar-refractivity contribution in [3.05, 3.63) is 71.5 Å². The Hall–Kier alpha value is -2.40. The smallest absolute Gasteiger partial charge is 0.404 e. The highest BCUT2D eigenvalue weighted by Crippen LogP contribution is 2.30. The van der Waals surface area contributed by atoms with Crippen LogP contribution in [0.3, 0.4) is 0 Å². The van der Waals surface area contributed by atoms with Crippen LogP contribution in [0.1, 0.15) is 23.5 Å². The molecule has 0 aliphatic carbocycles. The van der Waals surface area contributed by atoms with E-state index in [1.165, 1.54) is 11.6 Å². The van der Waals surface area contributed by atoms with E-state index < -0.39 is 6.09 Å². The summed E-state index contributed by atoms with van der Waals surface area (Å²) in [5, 5.41) is 11.7. The lowest BCUT2D eigenvalue weighted by Gasteiger charge is -2.38. The van der Waals surface area contributed by atoms with E-state index >= 15 is 0 Å². The van der Waals surface area contributed by atoms with Gasteiger partial charge in [-0.3, -0.25) is 4.90 Å². The van der Waals surface area contributed by atoms with Crippen LogP contribution in [-0.2, 0) is 6.54 Å². The Labute approximate surface area is 140 Å². The fraction of sp³-hybridized carbons (Fsp3) is 0.316. The Bertz CT molecular complexity index is 693. The number of rotatable bonds is 4. The van der Waals surface area contributed by atoms with Crippen LogP contribution in [0, 0.1) is 5.82 Å². The van der Waals surface area contributed by atoms with Crippen molar-refractivity contribution in [1.29, 1.82) is 0 Å². The molecule has 1 fully saturated rings. The number of hydrogen-bond acceptors (Lipinski definition) is 2. The van der Waals surface area contributed by atoms with Gasteiger partial charge in [-0.15, -0.1) is 0 Å². The van der Waals surface area contributed by atoms with Gasteiger partial charge in [0.15, 0.2) is 0 Å². The average Bonchev–Trinajstić information content (AvgIpc) is 2.56. The molecule has 1 heterocycles. The van der Waals surface area contributed by atoms with E-state index in [0.717, 1.165) is 19.5 Å². The molecule has 4 nitrogen and oxygen atoms in total. The van der Waals surface area contributed by atoms with Gasteiger partial charge in [-0.1, -0.05) is 48.5 Å². The Balaban J connectivity index is 1.76. The third-order valence-electron chi connectivity index (χ3n) is 4.56. The molecule has 1 amide bonds. The maximum absolute atomic E-state index is 14.1. The molecule has 3 rings (SSSR count). The number of nitrogens with one attached hydrogen (secondary N) is 1. The molecule has 0 saturated carbocycles. The van der Waals surface area contributed by atoms with Crippen molar-refractivity contribution in [2.45, 2.75) is 24.9 Å². The summed E-state index contributed by atoms with van der Waals surface area (Å²) >= 11 is 0. The Morgan fingerprint density at radius 3 is 2.58 bits per heavy atom. The van der Waals surface area contributed by atoms with Gasteiger partial charge < -0.3 is 10.4 Å². The molecule has 2 aromatic carbocycles. The quantitative estimate of drug-likeness (QED) is 0.904. The molecule has 5 heteroatoms. The molecule has 1 aliphatic rings. The number of carboxylic acid groups (broad SMARTS) is 1. The van der Waals surface area contributed by atoms with Crippen LogP contribution in [0.15, 0.2) is 54.6 Å². The number of likely N-dealkylation sites (tertiary alicyclic amines) is 1. The third-order valence-corrected chi connectivity index (χ3v) is 4.56. The van der Waals surface area contributed by atoms with E-state index in [2.05, 4.69) is 22.3 Å². The molecule has 1 saturated heterocycles. The van der Waals surface area contributed by atoms with E-state index in [1.807, 2.05) is 18.2 Å². The number of benzene rings is 2. The summed E-state index contributed by atoms with van der Waals surface area (Å²) in [6.07, 6.45) is -0.346. The van der Waals surface area contributed by atoms with E-state index in [4.69, 9.17) is 5.11 Å². The van der Waals surface area contributed by atoms with E-state index in [-0.39, 0.29) is 17.8 Å². The second-order valence-electron chi connectivity index (χ2n) is 6.19. The molecule has 2 N–H and O–H groups in total. The Morgan fingerprint density at radius 2 is 1.88 bits per heavy atom. The van der Waals surface area contributed by atoms with E-state index in [9.17, 15) is 9.18 Å². The van der Waals surface area contributed by atoms with Gasteiger partial charge in [0.05, 0.1) is 6.04 Å². The molecule has 0 aromatic heterocycles. The average molecular weight is 328 g/mol. The van der Waals surface area contributed by atoms with Crippen LogP contribution in [0.2, 0.25) is 0 Å². The van der Waals surface area contributed by atoms with Crippen molar-refractivity contribution in [3.63, 3.8) is 0 Å². The lowest BCUT2D eigenvalue weighted by atomic mass is 9.85. The molecule has 2 atom stereocenters. The number of nitrogens with zero attached hydrogens (tertiary/aromatic N) is 1. The lowest BCUT2D eigenvalue weighted by molar-refractivity contribution is 0.147. The fourth-order valence-electron chi connectivity index (χ4n) is 3.46. The van der Waals surface area contributed by atoms with Gasteiger partial charge in [0.25, 0.3) is 0 Å². The predicted molar refractivity (Wildman–Crippen MR) is 90.4 cm³/mol. The zero-order valence-corrected chi connectivity index (χ0v) is 13.4. The van der Waals surface area contributed by atoms with Crippen LogP contribution in [-0.4, -0.2) is 35.2 Å². The van der Waals surface area contributed by atoms with Gasteiger partial charge in [0.2, 0.25) is 0 Å². The standard InChI is InChI=1S/C19H21FN2O2/c20-17-9-5-4-8-15(17)16-10-11-22(13-18(16)21-19(23)24)12-14-6-2-1-3-7-14/h1-9,16,18,21H,10-13H2,(H,23,24)/t16-,18+/m1/s1. The summed E-state index contributed by atoms with van der Waals surface area (Å²) in [5.41, 5.74) is 1.78. The van der Waals surface area contributed by atoms with Gasteiger partial charge >= 0.3 is 6.09 Å². The lowest BCUT2D eigenvalue weighted by Crippen LogP contribution is -2.51. The monoisotopic (exact) mass is 328 g/mol. The predicted octanol–water partition coefficient (Wildman–Crippen LogP) is 3.45. The summed E-state index contributed by atoms with van der Waals surface area (Å²) < 4.78 is 14.1. The molecule has 0 bridgehead atoms. The van der Waals surface area contributed by atoms with Crippen LogP contribution < -0.4 is 5.32 Å². The zero-order chi connectivity index (χ0) is 16.9. The number of amides is 1. The van der Waals surface area contributed by atoms with Crippen LogP contribution in [0.25, 0.3) is 0 Å². The minimum absolute atomic E-state index is 0.144. The molecular formula is C19H21FN2O2. The highest BCUT2D eigenvalue weighted by atomic mass is 19.1. The Kier molecular flexibility index (Phi) is 5.11. The van der Waals surface area contributed by atoms with Crippen molar-refractivity contribution in [1.82, 2.24) is 10.2 Å². The summed E-state index contributed by atoms with van der Waals surface area (Å²) in [5.74, 6) is -0.412. The van der Waals surface area contributed by atoms with Crippen molar-refractivity contribution in [3.8, 4) is 0 Å². The largest absolute Gasteiger partial charge is 0.465 e. The van der Waals surface area contributed by atoms with Crippen LogP contribution >= 0.6 is 0 Å². The molecule has 24 heavy (non-hydrogen) atoms. The molecule has 0 radical (unpaired) electrons. The number of hydrogen-bond donors (Lipinski definition) is 2. The fourth-order valence-corrected chi connectivity index (χ4v) is 3.46. The second kappa shape index (κ2) is 7.45. The summed E-state index contributed by atoms with van der Waals surface area (Å²) in [7, 11) is 0. The van der Waals surface area contributed by atoms with E-state index in [1.54, 1.807) is 18.2 Å². The van der Waals surface area contributed by atoms with Crippen molar-refractivity contribution in [2.24, 2.45) is 0 Å². The maximum Gasteiger partial charge on any atom is 0.404 e. The first-order valence-electron chi connectivity index (χ1n) is 8.13. The van der Waals surface area contributed by atoms with Crippen LogP contribution in [0.5, 0.6) is 0 Å². The van der Waals surface area contributed by atoms with Gasteiger partial charge in [-0.2, -0.15) is 0 Å². The van der Waals surface area contributed by atoms with Crippen molar-refractivity contribution >= 4 is 6.09 Å². The minimum Gasteiger partial charge on any atom is -0.465 e. The first kappa shape index (κ1) is 16.5. The molecule has 1 aliphatic heterocycles. The van der Waals surface area contributed by atoms with Gasteiger partial charge in [0.1, 0.15) is 5.82 Å². The van der Waals surface area contributed by atoms with Crippen molar-refractivity contribution < 1.29 is 14.3 Å². The molecule has 126 valence electrons. The highest BCUT2D eigenvalue weighted by molar-refractivity contribution is 5.65. The van der Waals surface area contributed by atoms with E-state index in [0.29, 0.717) is 12.1 Å². The Morgan fingerprint density at radius 1 is 1.17 bits per heavy atom. The van der Waals surface area contributed by atoms with Gasteiger partial charge in [0, 0.05) is 19.0 Å². The topological polar surface area (TPSA) is 52.6 Å². The minimum atomic E-state index is -1.07. The number of halogens is 1. The SMILES string of the molecule is O=C(O)N[C@H]1CN(Cc2ccccc2)CC[C@@H]1c1ccccc1F. The number of carbonyl (C=O) groups is 1.